The molecule has 3 rings (SSSR count). The SMILES string of the molecule is O=c1ccn([C@@H]2O[C@H](COP(=O)(O)OP(=O)(O)OCc3cccc(CO)n3)[C@@H](O)[C@H]2O)c(=O)[nH]1. The quantitative estimate of drug-likeness (QED) is 0.193. The molecule has 2 unspecified atom stereocenters. The monoisotopic (exact) mass is 525 g/mol. The summed E-state index contributed by atoms with van der Waals surface area (Å²) in [6, 6.07) is 5.36. The molecule has 1 aliphatic heterocycles. The molecule has 3 heterocycles. The number of hydrogen-bond acceptors (Lipinski definition) is 12. The second-order valence-electron chi connectivity index (χ2n) is 6.93. The molecule has 0 spiro atoms. The summed E-state index contributed by atoms with van der Waals surface area (Å²) in [5.74, 6) is 0. The van der Waals surface area contributed by atoms with Crippen LogP contribution in [0.25, 0.3) is 0 Å². The number of rotatable bonds is 10. The smallest absolute Gasteiger partial charge is 0.390 e. The molecule has 0 radical (unpaired) electrons. The van der Waals surface area contributed by atoms with E-state index in [9.17, 15) is 38.7 Å². The van der Waals surface area contributed by atoms with Gasteiger partial charge in [0.2, 0.25) is 0 Å². The second-order valence-corrected chi connectivity index (χ2v) is 9.97. The van der Waals surface area contributed by atoms with E-state index in [1.54, 1.807) is 0 Å². The number of phosphoric ester groups is 2. The summed E-state index contributed by atoms with van der Waals surface area (Å²) in [6.45, 7) is -1.89. The summed E-state index contributed by atoms with van der Waals surface area (Å²) < 4.78 is 43.5. The van der Waals surface area contributed by atoms with Gasteiger partial charge in [0.15, 0.2) is 6.23 Å². The van der Waals surface area contributed by atoms with Crippen LogP contribution in [-0.4, -0.2) is 64.6 Å². The lowest BCUT2D eigenvalue weighted by Gasteiger charge is -2.19. The Balaban J connectivity index is 1.58. The Bertz CT molecular complexity index is 1220. The molecule has 0 amide bonds. The van der Waals surface area contributed by atoms with Crippen LogP contribution in [0.5, 0.6) is 0 Å². The Morgan fingerprint density at radius 1 is 1.06 bits per heavy atom. The van der Waals surface area contributed by atoms with Crippen LogP contribution in [-0.2, 0) is 40.4 Å². The lowest BCUT2D eigenvalue weighted by molar-refractivity contribution is -0.0543. The van der Waals surface area contributed by atoms with Crippen molar-refractivity contribution in [2.24, 2.45) is 0 Å². The molecular weight excluding hydrogens is 504 g/mol. The fraction of sp³-hybridized carbons (Fsp3) is 0.438. The third kappa shape index (κ3) is 6.75. The van der Waals surface area contributed by atoms with E-state index in [-0.39, 0.29) is 18.0 Å². The van der Waals surface area contributed by atoms with Crippen LogP contribution in [0, 0.1) is 0 Å². The van der Waals surface area contributed by atoms with Gasteiger partial charge < -0.3 is 29.8 Å². The van der Waals surface area contributed by atoms with Gasteiger partial charge in [-0.2, -0.15) is 4.31 Å². The number of pyridine rings is 1. The normalized spacial score (nSPS) is 26.1. The Hall–Kier alpha value is -2.07. The summed E-state index contributed by atoms with van der Waals surface area (Å²) >= 11 is 0. The van der Waals surface area contributed by atoms with Crippen LogP contribution in [0.4, 0.5) is 0 Å². The summed E-state index contributed by atoms with van der Waals surface area (Å²) in [4.78, 5) is 48.3. The fourth-order valence-corrected chi connectivity index (χ4v) is 4.97. The number of H-pyrrole nitrogens is 1. The molecule has 1 fully saturated rings. The number of phosphoric acid groups is 2. The summed E-state index contributed by atoms with van der Waals surface area (Å²) in [7, 11) is -10.4. The minimum Gasteiger partial charge on any atom is -0.390 e. The summed E-state index contributed by atoms with van der Waals surface area (Å²) in [5, 5.41) is 29.3. The minimum absolute atomic E-state index is 0.123. The van der Waals surface area contributed by atoms with E-state index in [0.717, 1.165) is 16.8 Å². The maximum absolute atomic E-state index is 12.1. The Labute approximate surface area is 190 Å². The van der Waals surface area contributed by atoms with Gasteiger partial charge in [-0.25, -0.2) is 13.9 Å². The van der Waals surface area contributed by atoms with Crippen LogP contribution in [0.1, 0.15) is 17.6 Å². The van der Waals surface area contributed by atoms with Crippen molar-refractivity contribution in [1.82, 2.24) is 14.5 Å². The van der Waals surface area contributed by atoms with Gasteiger partial charge in [-0.3, -0.25) is 28.4 Å². The van der Waals surface area contributed by atoms with Gasteiger partial charge >= 0.3 is 21.3 Å². The zero-order chi connectivity index (χ0) is 25.1. The van der Waals surface area contributed by atoms with Crippen molar-refractivity contribution in [2.75, 3.05) is 6.61 Å². The predicted octanol–water partition coefficient (Wildman–Crippen LogP) is -1.51. The third-order valence-corrected chi connectivity index (χ3v) is 7.05. The molecule has 2 aromatic rings. The van der Waals surface area contributed by atoms with Gasteiger partial charge in [0.1, 0.15) is 24.9 Å². The van der Waals surface area contributed by atoms with E-state index in [1.165, 1.54) is 18.2 Å². The van der Waals surface area contributed by atoms with Crippen molar-refractivity contribution in [3.63, 3.8) is 0 Å². The van der Waals surface area contributed by atoms with Crippen LogP contribution >= 0.6 is 15.6 Å². The molecule has 18 heteroatoms. The van der Waals surface area contributed by atoms with Gasteiger partial charge in [0.05, 0.1) is 24.6 Å². The number of ether oxygens (including phenoxy) is 1. The maximum atomic E-state index is 12.1. The number of hydrogen-bond donors (Lipinski definition) is 6. The van der Waals surface area contributed by atoms with Crippen molar-refractivity contribution < 1.29 is 52.3 Å². The van der Waals surface area contributed by atoms with Crippen molar-refractivity contribution >= 4 is 15.6 Å². The standard InChI is InChI=1S/C16H21N3O13P2/c20-6-9-2-1-3-10(17-9)7-29-33(25,26)32-34(27,28)30-8-11-13(22)14(23)15(31-11)19-5-4-12(21)18-16(19)24/h1-5,11,13-15,20,22-23H,6-8H2,(H,25,26)(H,27,28)(H,18,21,24)/t11-,13-,14-,15-/m1/s1. The van der Waals surface area contributed by atoms with Crippen LogP contribution < -0.4 is 11.2 Å². The molecule has 34 heavy (non-hydrogen) atoms. The van der Waals surface area contributed by atoms with Gasteiger partial charge in [-0.1, -0.05) is 6.07 Å². The minimum atomic E-state index is -5.24. The van der Waals surface area contributed by atoms with Crippen LogP contribution in [0.2, 0.25) is 0 Å². The number of aromatic amines is 1. The van der Waals surface area contributed by atoms with Gasteiger partial charge in [-0.15, -0.1) is 0 Å². The van der Waals surface area contributed by atoms with Gasteiger partial charge in [-0.05, 0) is 12.1 Å². The van der Waals surface area contributed by atoms with E-state index in [0.29, 0.717) is 0 Å². The molecule has 16 nitrogen and oxygen atoms in total. The van der Waals surface area contributed by atoms with E-state index in [2.05, 4.69) is 18.3 Å². The highest BCUT2D eigenvalue weighted by Gasteiger charge is 2.46. The average Bonchev–Trinajstić information content (AvgIpc) is 3.04. The summed E-state index contributed by atoms with van der Waals surface area (Å²) in [6.07, 6.45) is -5.32. The topological polar surface area (TPSA) is 240 Å². The molecule has 2 aromatic heterocycles. The highest BCUT2D eigenvalue weighted by atomic mass is 31.3. The third-order valence-electron chi connectivity index (χ3n) is 4.47. The predicted molar refractivity (Wildman–Crippen MR) is 109 cm³/mol. The molecular formula is C16H21N3O13P2. The molecule has 0 bridgehead atoms. The largest absolute Gasteiger partial charge is 0.481 e. The first-order chi connectivity index (χ1) is 15.9. The Morgan fingerprint density at radius 3 is 2.41 bits per heavy atom. The van der Waals surface area contributed by atoms with E-state index in [1.807, 2.05) is 4.98 Å². The van der Waals surface area contributed by atoms with E-state index < -0.39 is 64.6 Å². The lowest BCUT2D eigenvalue weighted by Crippen LogP contribution is -2.37. The van der Waals surface area contributed by atoms with Crippen molar-refractivity contribution in [3.05, 3.63) is 62.7 Å². The van der Waals surface area contributed by atoms with E-state index in [4.69, 9.17) is 9.84 Å². The highest BCUT2D eigenvalue weighted by Crippen LogP contribution is 2.60. The lowest BCUT2D eigenvalue weighted by atomic mass is 10.1. The molecule has 6 atom stereocenters. The molecule has 188 valence electrons. The molecule has 0 saturated carbocycles. The van der Waals surface area contributed by atoms with Gasteiger partial charge in [0, 0.05) is 12.3 Å². The first-order valence-corrected chi connectivity index (χ1v) is 12.4. The molecule has 1 saturated heterocycles. The van der Waals surface area contributed by atoms with Gasteiger partial charge in [0.25, 0.3) is 5.56 Å². The molecule has 6 N–H and O–H groups in total. The number of aromatic nitrogens is 3. The fourth-order valence-electron chi connectivity index (χ4n) is 2.91. The van der Waals surface area contributed by atoms with Crippen molar-refractivity contribution in [3.8, 4) is 0 Å². The Kier molecular flexibility index (Phi) is 8.34. The first kappa shape index (κ1) is 26.5. The zero-order valence-electron chi connectivity index (χ0n) is 17.1. The highest BCUT2D eigenvalue weighted by molar-refractivity contribution is 7.61. The zero-order valence-corrected chi connectivity index (χ0v) is 18.9. The summed E-state index contributed by atoms with van der Waals surface area (Å²) in [5.41, 5.74) is -1.28. The number of nitrogens with zero attached hydrogens (tertiary/aromatic N) is 2. The molecule has 0 aromatic carbocycles. The van der Waals surface area contributed by atoms with E-state index >= 15 is 0 Å². The van der Waals surface area contributed by atoms with Crippen molar-refractivity contribution in [2.45, 2.75) is 37.8 Å². The van der Waals surface area contributed by atoms with Crippen molar-refractivity contribution in [1.29, 1.82) is 0 Å². The number of aliphatic hydroxyl groups is 3. The average molecular weight is 525 g/mol. The second kappa shape index (κ2) is 10.7. The number of nitrogens with one attached hydrogen (secondary N) is 1. The maximum Gasteiger partial charge on any atom is 0.481 e. The molecule has 1 aliphatic rings. The molecule has 0 aliphatic carbocycles. The van der Waals surface area contributed by atoms with Crippen LogP contribution in [0.15, 0.2) is 40.1 Å². The van der Waals surface area contributed by atoms with Crippen LogP contribution in [0.3, 0.4) is 0 Å². The number of aliphatic hydroxyl groups excluding tert-OH is 3. The first-order valence-electron chi connectivity index (χ1n) is 9.45. The Morgan fingerprint density at radius 2 is 1.74 bits per heavy atom.